The van der Waals surface area contributed by atoms with E-state index in [0.717, 1.165) is 16.0 Å². The van der Waals surface area contributed by atoms with Gasteiger partial charge in [0.1, 0.15) is 17.9 Å². The minimum atomic E-state index is -1.55. The second-order valence-electron chi connectivity index (χ2n) is 7.53. The molecule has 0 radical (unpaired) electrons. The van der Waals surface area contributed by atoms with Crippen LogP contribution >= 0.6 is 0 Å². The molecule has 1 heterocycles. The predicted molar refractivity (Wildman–Crippen MR) is 106 cm³/mol. The van der Waals surface area contributed by atoms with Gasteiger partial charge in [-0.1, -0.05) is 42.5 Å². The Balaban J connectivity index is 1.66. The third-order valence-corrected chi connectivity index (χ3v) is 5.18. The number of rotatable bonds is 6. The highest BCUT2D eigenvalue weighted by Gasteiger charge is 2.50. The van der Waals surface area contributed by atoms with E-state index in [1.54, 1.807) is 6.07 Å². The topological polar surface area (TPSA) is 78.5 Å². The van der Waals surface area contributed by atoms with Crippen LogP contribution in [0.15, 0.2) is 48.5 Å². The maximum absolute atomic E-state index is 14.2. The molecule has 7 heteroatoms. The quantitative estimate of drug-likeness (QED) is 0.736. The maximum atomic E-state index is 14.2. The van der Waals surface area contributed by atoms with Crippen molar-refractivity contribution in [3.8, 4) is 0 Å². The van der Waals surface area contributed by atoms with Gasteiger partial charge in [-0.2, -0.15) is 0 Å². The molecule has 6 nitrogen and oxygen atoms in total. The molecular weight excluding hydrogens is 373 g/mol. The number of hydrogen-bond donors (Lipinski definition) is 2. The Labute approximate surface area is 169 Å². The SMILES string of the molecule is Cc1ccccc1C[C@H](C)NC(=O)CN1C(=O)N[C@](C)(c2ccccc2F)C1=O. The van der Waals surface area contributed by atoms with E-state index >= 15 is 0 Å². The van der Waals surface area contributed by atoms with Crippen molar-refractivity contribution in [2.24, 2.45) is 0 Å². The van der Waals surface area contributed by atoms with Crippen LogP contribution in [0.1, 0.15) is 30.5 Å². The molecular formula is C22H24FN3O3. The monoisotopic (exact) mass is 397 g/mol. The van der Waals surface area contributed by atoms with Crippen molar-refractivity contribution in [3.63, 3.8) is 0 Å². The normalized spacial score (nSPS) is 19.8. The van der Waals surface area contributed by atoms with Gasteiger partial charge in [0.25, 0.3) is 5.91 Å². The van der Waals surface area contributed by atoms with E-state index in [2.05, 4.69) is 10.6 Å². The molecule has 1 aliphatic rings. The van der Waals surface area contributed by atoms with E-state index in [0.29, 0.717) is 6.42 Å². The van der Waals surface area contributed by atoms with E-state index in [1.165, 1.54) is 25.1 Å². The second kappa shape index (κ2) is 8.03. The largest absolute Gasteiger partial charge is 0.352 e. The average Bonchev–Trinajstić information content (AvgIpc) is 2.87. The molecule has 152 valence electrons. The van der Waals surface area contributed by atoms with Crippen molar-refractivity contribution in [2.75, 3.05) is 6.54 Å². The Bertz CT molecular complexity index is 962. The first-order valence-electron chi connectivity index (χ1n) is 9.45. The summed E-state index contributed by atoms with van der Waals surface area (Å²) in [5.74, 6) is -1.71. The molecule has 4 amide bonds. The molecule has 2 atom stereocenters. The number of urea groups is 1. The predicted octanol–water partition coefficient (Wildman–Crippen LogP) is 2.65. The highest BCUT2D eigenvalue weighted by molar-refractivity contribution is 6.09. The molecule has 1 aliphatic heterocycles. The number of nitrogens with zero attached hydrogens (tertiary/aromatic N) is 1. The Morgan fingerprint density at radius 3 is 2.52 bits per heavy atom. The molecule has 0 aliphatic carbocycles. The lowest BCUT2D eigenvalue weighted by Gasteiger charge is -2.23. The van der Waals surface area contributed by atoms with Gasteiger partial charge in [0.15, 0.2) is 0 Å². The molecule has 2 aromatic carbocycles. The van der Waals surface area contributed by atoms with Crippen molar-refractivity contribution >= 4 is 17.8 Å². The number of hydrogen-bond acceptors (Lipinski definition) is 3. The summed E-state index contributed by atoms with van der Waals surface area (Å²) in [6.07, 6.45) is 0.630. The smallest absolute Gasteiger partial charge is 0.325 e. The number of imide groups is 1. The Morgan fingerprint density at radius 1 is 1.17 bits per heavy atom. The summed E-state index contributed by atoms with van der Waals surface area (Å²) in [4.78, 5) is 38.4. The van der Waals surface area contributed by atoms with Crippen molar-refractivity contribution in [2.45, 2.75) is 38.8 Å². The highest BCUT2D eigenvalue weighted by atomic mass is 19.1. The van der Waals surface area contributed by atoms with E-state index in [-0.39, 0.29) is 11.6 Å². The lowest BCUT2D eigenvalue weighted by atomic mass is 9.91. The lowest BCUT2D eigenvalue weighted by Crippen LogP contribution is -2.45. The van der Waals surface area contributed by atoms with Crippen LogP contribution in [-0.4, -0.2) is 35.3 Å². The molecule has 0 unspecified atom stereocenters. The molecule has 0 saturated carbocycles. The van der Waals surface area contributed by atoms with Crippen LogP contribution in [-0.2, 0) is 21.5 Å². The van der Waals surface area contributed by atoms with E-state index < -0.39 is 35.7 Å². The van der Waals surface area contributed by atoms with Crippen molar-refractivity contribution in [1.29, 1.82) is 0 Å². The molecule has 2 aromatic rings. The average molecular weight is 397 g/mol. The van der Waals surface area contributed by atoms with Gasteiger partial charge in [-0.25, -0.2) is 9.18 Å². The Hall–Kier alpha value is -3.22. The van der Waals surface area contributed by atoms with Gasteiger partial charge >= 0.3 is 6.03 Å². The lowest BCUT2D eigenvalue weighted by molar-refractivity contribution is -0.135. The van der Waals surface area contributed by atoms with E-state index in [1.807, 2.05) is 38.1 Å². The Morgan fingerprint density at radius 2 is 1.83 bits per heavy atom. The number of halogens is 1. The fourth-order valence-corrected chi connectivity index (χ4v) is 3.57. The van der Waals surface area contributed by atoms with Gasteiger partial charge in [-0.3, -0.25) is 14.5 Å². The van der Waals surface area contributed by atoms with Gasteiger partial charge in [0, 0.05) is 11.6 Å². The van der Waals surface area contributed by atoms with E-state index in [4.69, 9.17) is 0 Å². The van der Waals surface area contributed by atoms with Crippen LogP contribution in [0.3, 0.4) is 0 Å². The van der Waals surface area contributed by atoms with Gasteiger partial charge in [-0.05, 0) is 44.4 Å². The number of carbonyl (C=O) groups excluding carboxylic acids is 3. The molecule has 0 spiro atoms. The first-order valence-corrected chi connectivity index (χ1v) is 9.45. The minimum absolute atomic E-state index is 0.0641. The Kier molecular flexibility index (Phi) is 5.68. The molecule has 2 N–H and O–H groups in total. The van der Waals surface area contributed by atoms with Crippen LogP contribution in [0.5, 0.6) is 0 Å². The second-order valence-corrected chi connectivity index (χ2v) is 7.53. The summed E-state index contributed by atoms with van der Waals surface area (Å²) in [7, 11) is 0. The molecule has 1 saturated heterocycles. The fourth-order valence-electron chi connectivity index (χ4n) is 3.57. The summed E-state index contributed by atoms with van der Waals surface area (Å²) < 4.78 is 14.2. The van der Waals surface area contributed by atoms with Crippen LogP contribution in [0.25, 0.3) is 0 Å². The summed E-state index contributed by atoms with van der Waals surface area (Å²) >= 11 is 0. The van der Waals surface area contributed by atoms with Gasteiger partial charge in [0.05, 0.1) is 0 Å². The highest BCUT2D eigenvalue weighted by Crippen LogP contribution is 2.30. The third-order valence-electron chi connectivity index (χ3n) is 5.18. The van der Waals surface area contributed by atoms with Gasteiger partial charge in [0.2, 0.25) is 5.91 Å². The molecule has 1 fully saturated rings. The number of nitrogens with one attached hydrogen (secondary N) is 2. The van der Waals surface area contributed by atoms with Gasteiger partial charge in [-0.15, -0.1) is 0 Å². The zero-order valence-electron chi connectivity index (χ0n) is 16.7. The van der Waals surface area contributed by atoms with Crippen LogP contribution < -0.4 is 10.6 Å². The number of carbonyl (C=O) groups is 3. The molecule has 0 aromatic heterocycles. The van der Waals surface area contributed by atoms with Crippen molar-refractivity contribution in [3.05, 3.63) is 71.0 Å². The zero-order valence-corrected chi connectivity index (χ0v) is 16.7. The van der Waals surface area contributed by atoms with Crippen LogP contribution in [0.2, 0.25) is 0 Å². The first kappa shape index (κ1) is 20.5. The van der Waals surface area contributed by atoms with Crippen molar-refractivity contribution in [1.82, 2.24) is 15.5 Å². The molecule has 3 rings (SSSR count). The maximum Gasteiger partial charge on any atom is 0.325 e. The third kappa shape index (κ3) is 4.13. The summed E-state index contributed by atoms with van der Waals surface area (Å²) in [5, 5.41) is 5.33. The first-order chi connectivity index (χ1) is 13.7. The fraction of sp³-hybridized carbons (Fsp3) is 0.318. The zero-order chi connectivity index (χ0) is 21.2. The standard InChI is InChI=1S/C22H24FN3O3/c1-14-8-4-5-9-16(14)12-15(2)24-19(27)13-26-20(28)22(3,25-21(26)29)17-10-6-7-11-18(17)23/h4-11,15H,12-13H2,1-3H3,(H,24,27)(H,25,29)/t15-,22+/m0/s1. The summed E-state index contributed by atoms with van der Waals surface area (Å²) in [6, 6.07) is 12.8. The summed E-state index contributed by atoms with van der Waals surface area (Å²) in [6.45, 7) is 4.87. The molecule has 29 heavy (non-hydrogen) atoms. The number of amides is 4. The van der Waals surface area contributed by atoms with Crippen LogP contribution in [0.4, 0.5) is 9.18 Å². The minimum Gasteiger partial charge on any atom is -0.352 e. The number of benzene rings is 2. The van der Waals surface area contributed by atoms with Crippen LogP contribution in [0, 0.1) is 12.7 Å². The number of aryl methyl sites for hydroxylation is 1. The molecule has 0 bridgehead atoms. The summed E-state index contributed by atoms with van der Waals surface area (Å²) in [5.41, 5.74) is 0.759. The van der Waals surface area contributed by atoms with Gasteiger partial charge < -0.3 is 10.6 Å². The van der Waals surface area contributed by atoms with Crippen molar-refractivity contribution < 1.29 is 18.8 Å². The van der Waals surface area contributed by atoms with E-state index in [9.17, 15) is 18.8 Å².